The number of amides is 1. The van der Waals surface area contributed by atoms with Gasteiger partial charge in [-0.3, -0.25) is 4.79 Å². The molecule has 0 radical (unpaired) electrons. The van der Waals surface area contributed by atoms with Crippen molar-refractivity contribution in [1.29, 1.82) is 0 Å². The lowest BCUT2D eigenvalue weighted by Crippen LogP contribution is -2.19. The fourth-order valence-corrected chi connectivity index (χ4v) is 1.61. The van der Waals surface area contributed by atoms with Crippen LogP contribution in [0.15, 0.2) is 12.1 Å². The minimum absolute atomic E-state index is 0.0786. The van der Waals surface area contributed by atoms with Crippen molar-refractivity contribution >= 4 is 11.6 Å². The van der Waals surface area contributed by atoms with Crippen molar-refractivity contribution in [2.24, 2.45) is 0 Å². The van der Waals surface area contributed by atoms with Crippen LogP contribution in [-0.4, -0.2) is 13.0 Å². The van der Waals surface area contributed by atoms with Gasteiger partial charge < -0.3 is 10.1 Å². The summed E-state index contributed by atoms with van der Waals surface area (Å²) in [6.45, 7) is 0. The van der Waals surface area contributed by atoms with Gasteiger partial charge in [-0.2, -0.15) is 0 Å². The van der Waals surface area contributed by atoms with Gasteiger partial charge in [0.2, 0.25) is 5.91 Å². The van der Waals surface area contributed by atoms with E-state index in [1.165, 1.54) is 19.2 Å². The van der Waals surface area contributed by atoms with E-state index in [0.29, 0.717) is 24.3 Å². The zero-order valence-electron chi connectivity index (χ0n) is 7.76. The Bertz CT molecular complexity index is 390. The van der Waals surface area contributed by atoms with E-state index in [1.54, 1.807) is 0 Å². The Morgan fingerprint density at radius 1 is 1.43 bits per heavy atom. The van der Waals surface area contributed by atoms with E-state index in [2.05, 4.69) is 5.32 Å². The van der Waals surface area contributed by atoms with Crippen molar-refractivity contribution in [2.75, 3.05) is 12.4 Å². The lowest BCUT2D eigenvalue weighted by molar-refractivity contribution is -0.116. The first-order valence-electron chi connectivity index (χ1n) is 4.37. The van der Waals surface area contributed by atoms with Crippen LogP contribution in [0.4, 0.5) is 10.1 Å². The van der Waals surface area contributed by atoms with Crippen LogP contribution in [-0.2, 0) is 11.2 Å². The number of carbonyl (C=O) groups is 1. The van der Waals surface area contributed by atoms with Crippen LogP contribution in [0.5, 0.6) is 5.75 Å². The summed E-state index contributed by atoms with van der Waals surface area (Å²) in [5.74, 6) is 0.0213. The van der Waals surface area contributed by atoms with Gasteiger partial charge in [0.05, 0.1) is 12.8 Å². The Hall–Kier alpha value is -1.58. The second-order valence-electron chi connectivity index (χ2n) is 3.18. The maximum atomic E-state index is 13.0. The molecular weight excluding hydrogens is 185 g/mol. The zero-order chi connectivity index (χ0) is 10.1. The molecule has 14 heavy (non-hydrogen) atoms. The minimum atomic E-state index is -0.400. The van der Waals surface area contributed by atoms with Crippen molar-refractivity contribution in [3.05, 3.63) is 23.5 Å². The Balaban J connectivity index is 2.51. The van der Waals surface area contributed by atoms with Crippen molar-refractivity contribution in [2.45, 2.75) is 12.8 Å². The molecular formula is C10H10FNO2. The fourth-order valence-electron chi connectivity index (χ4n) is 1.61. The Morgan fingerprint density at radius 2 is 2.21 bits per heavy atom. The summed E-state index contributed by atoms with van der Waals surface area (Å²) in [4.78, 5) is 11.1. The Morgan fingerprint density at radius 3 is 2.93 bits per heavy atom. The minimum Gasteiger partial charge on any atom is -0.496 e. The van der Waals surface area contributed by atoms with Gasteiger partial charge in [-0.25, -0.2) is 4.39 Å². The first-order chi connectivity index (χ1) is 6.70. The van der Waals surface area contributed by atoms with Gasteiger partial charge in [-0.1, -0.05) is 0 Å². The summed E-state index contributed by atoms with van der Waals surface area (Å²) < 4.78 is 18.1. The first kappa shape index (κ1) is 8.99. The largest absolute Gasteiger partial charge is 0.496 e. The molecule has 1 aliphatic heterocycles. The average Bonchev–Trinajstić information content (AvgIpc) is 2.15. The number of nitrogens with one attached hydrogen (secondary N) is 1. The third-order valence-electron chi connectivity index (χ3n) is 2.27. The van der Waals surface area contributed by atoms with E-state index in [9.17, 15) is 9.18 Å². The third-order valence-corrected chi connectivity index (χ3v) is 2.27. The second kappa shape index (κ2) is 3.29. The number of carbonyl (C=O) groups excluding carboxylic acids is 1. The average molecular weight is 195 g/mol. The van der Waals surface area contributed by atoms with Gasteiger partial charge in [-0.05, 0) is 12.5 Å². The highest BCUT2D eigenvalue weighted by atomic mass is 19.1. The van der Waals surface area contributed by atoms with Gasteiger partial charge in [0.25, 0.3) is 0 Å². The summed E-state index contributed by atoms with van der Waals surface area (Å²) in [6.07, 6.45) is 1.03. The maximum absolute atomic E-state index is 13.0. The zero-order valence-corrected chi connectivity index (χ0v) is 7.76. The molecule has 0 unspecified atom stereocenters. The number of rotatable bonds is 1. The van der Waals surface area contributed by atoms with Crippen molar-refractivity contribution in [3.8, 4) is 5.75 Å². The summed E-state index contributed by atoms with van der Waals surface area (Å²) in [7, 11) is 1.49. The fraction of sp³-hybridized carbons (Fsp3) is 0.300. The van der Waals surface area contributed by atoms with Crippen molar-refractivity contribution in [1.82, 2.24) is 0 Å². The molecule has 1 aliphatic rings. The highest BCUT2D eigenvalue weighted by Crippen LogP contribution is 2.32. The predicted octanol–water partition coefficient (Wildman–Crippen LogP) is 1.72. The van der Waals surface area contributed by atoms with Crippen LogP contribution >= 0.6 is 0 Å². The van der Waals surface area contributed by atoms with Gasteiger partial charge in [0.1, 0.15) is 11.6 Å². The number of hydrogen-bond donors (Lipinski definition) is 1. The standard InChI is InChI=1S/C10H10FNO2/c1-14-9-5-6(11)4-8-7(9)2-3-10(13)12-8/h4-5H,2-3H2,1H3,(H,12,13). The molecule has 1 aromatic carbocycles. The topological polar surface area (TPSA) is 38.3 Å². The van der Waals surface area contributed by atoms with Crippen LogP contribution in [0.1, 0.15) is 12.0 Å². The van der Waals surface area contributed by atoms with Crippen LogP contribution in [0.3, 0.4) is 0 Å². The number of methoxy groups -OCH3 is 1. The number of hydrogen-bond acceptors (Lipinski definition) is 2. The number of fused-ring (bicyclic) bond motifs is 1. The summed E-state index contributed by atoms with van der Waals surface area (Å²) in [5, 5.41) is 2.62. The molecule has 1 heterocycles. The molecule has 1 aromatic rings. The summed E-state index contributed by atoms with van der Waals surface area (Å²) >= 11 is 0. The number of benzene rings is 1. The van der Waals surface area contributed by atoms with Crippen LogP contribution in [0.2, 0.25) is 0 Å². The van der Waals surface area contributed by atoms with E-state index >= 15 is 0 Å². The molecule has 74 valence electrons. The smallest absolute Gasteiger partial charge is 0.224 e. The maximum Gasteiger partial charge on any atom is 0.224 e. The molecule has 0 fully saturated rings. The van der Waals surface area contributed by atoms with E-state index in [1.807, 2.05) is 0 Å². The molecule has 0 bridgehead atoms. The van der Waals surface area contributed by atoms with E-state index in [-0.39, 0.29) is 5.91 Å². The first-order valence-corrected chi connectivity index (χ1v) is 4.37. The van der Waals surface area contributed by atoms with Crippen LogP contribution in [0.25, 0.3) is 0 Å². The number of ether oxygens (including phenoxy) is 1. The highest BCUT2D eigenvalue weighted by molar-refractivity contribution is 5.94. The molecule has 1 amide bonds. The van der Waals surface area contributed by atoms with Gasteiger partial charge in [0.15, 0.2) is 0 Å². The molecule has 3 nitrogen and oxygen atoms in total. The molecule has 0 atom stereocenters. The molecule has 2 rings (SSSR count). The SMILES string of the molecule is COc1cc(F)cc2c1CCC(=O)N2. The molecule has 0 aliphatic carbocycles. The lowest BCUT2D eigenvalue weighted by atomic mass is 10.0. The van der Waals surface area contributed by atoms with Crippen molar-refractivity contribution < 1.29 is 13.9 Å². The van der Waals surface area contributed by atoms with Crippen molar-refractivity contribution in [3.63, 3.8) is 0 Å². The van der Waals surface area contributed by atoms with E-state index in [4.69, 9.17) is 4.74 Å². The monoisotopic (exact) mass is 195 g/mol. The normalized spacial score (nSPS) is 14.6. The predicted molar refractivity (Wildman–Crippen MR) is 49.9 cm³/mol. The summed E-state index contributed by atoms with van der Waals surface area (Å²) in [6, 6.07) is 2.64. The third kappa shape index (κ3) is 1.43. The van der Waals surface area contributed by atoms with E-state index in [0.717, 1.165) is 5.56 Å². The second-order valence-corrected chi connectivity index (χ2v) is 3.18. The molecule has 0 saturated carbocycles. The van der Waals surface area contributed by atoms with Gasteiger partial charge in [0, 0.05) is 18.1 Å². The van der Waals surface area contributed by atoms with E-state index < -0.39 is 5.82 Å². The molecule has 1 N–H and O–H groups in total. The number of anilines is 1. The summed E-state index contributed by atoms with van der Waals surface area (Å²) in [5.41, 5.74) is 1.40. The van der Waals surface area contributed by atoms with Crippen LogP contribution < -0.4 is 10.1 Å². The lowest BCUT2D eigenvalue weighted by Gasteiger charge is -2.19. The molecule has 4 heteroatoms. The molecule has 0 saturated heterocycles. The highest BCUT2D eigenvalue weighted by Gasteiger charge is 2.19. The van der Waals surface area contributed by atoms with Crippen LogP contribution in [0, 0.1) is 5.82 Å². The molecule has 0 spiro atoms. The number of halogens is 1. The Kier molecular flexibility index (Phi) is 2.11. The van der Waals surface area contributed by atoms with Gasteiger partial charge in [-0.15, -0.1) is 0 Å². The van der Waals surface area contributed by atoms with Gasteiger partial charge >= 0.3 is 0 Å². The Labute approximate surface area is 80.9 Å². The quantitative estimate of drug-likeness (QED) is 0.740. The molecule has 0 aromatic heterocycles.